The van der Waals surface area contributed by atoms with Gasteiger partial charge >= 0.3 is 0 Å². The predicted octanol–water partition coefficient (Wildman–Crippen LogP) is 2.00. The summed E-state index contributed by atoms with van der Waals surface area (Å²) in [6.45, 7) is 1.44. The highest BCUT2D eigenvalue weighted by molar-refractivity contribution is 6.30. The molecule has 0 bridgehead atoms. The number of fused-ring (bicyclic) bond motifs is 1. The number of nitrogens with zero attached hydrogens (tertiary/aromatic N) is 3. The second-order valence-electron chi connectivity index (χ2n) is 3.88. The predicted molar refractivity (Wildman–Crippen MR) is 63.8 cm³/mol. The number of nitriles is 1. The molecular weight excluding hydrogens is 236 g/mol. The number of hydrogen-bond acceptors (Lipinski definition) is 3. The topological polar surface area (TPSA) is 53.6 Å². The van der Waals surface area contributed by atoms with Gasteiger partial charge < -0.3 is 5.32 Å². The van der Waals surface area contributed by atoms with Crippen LogP contribution >= 0.6 is 11.6 Å². The molecule has 5 heteroatoms. The van der Waals surface area contributed by atoms with E-state index in [1.807, 2.05) is 12.1 Å². The maximum absolute atomic E-state index is 9.22. The molecule has 0 aliphatic carbocycles. The number of benzene rings is 1. The van der Waals surface area contributed by atoms with Crippen LogP contribution in [-0.4, -0.2) is 9.78 Å². The quantitative estimate of drug-likeness (QED) is 0.835. The van der Waals surface area contributed by atoms with Crippen molar-refractivity contribution < 1.29 is 0 Å². The van der Waals surface area contributed by atoms with Crippen molar-refractivity contribution in [3.8, 4) is 11.8 Å². The zero-order valence-electron chi connectivity index (χ0n) is 8.94. The summed E-state index contributed by atoms with van der Waals surface area (Å²) in [5.74, 6) is 0. The number of halogens is 1. The van der Waals surface area contributed by atoms with Gasteiger partial charge in [0.2, 0.25) is 0 Å². The zero-order valence-corrected chi connectivity index (χ0v) is 9.70. The van der Waals surface area contributed by atoms with Crippen LogP contribution < -0.4 is 5.32 Å². The third-order valence-corrected chi connectivity index (χ3v) is 3.09. The van der Waals surface area contributed by atoms with E-state index in [1.54, 1.807) is 16.8 Å². The van der Waals surface area contributed by atoms with E-state index in [0.29, 0.717) is 17.3 Å². The minimum Gasteiger partial charge on any atom is -0.307 e. The minimum absolute atomic E-state index is 0.604. The van der Waals surface area contributed by atoms with Gasteiger partial charge in [-0.1, -0.05) is 11.6 Å². The Labute approximate surface area is 103 Å². The summed E-state index contributed by atoms with van der Waals surface area (Å²) in [4.78, 5) is 0. The maximum Gasteiger partial charge on any atom is 0.149 e. The molecule has 0 amide bonds. The largest absolute Gasteiger partial charge is 0.307 e. The van der Waals surface area contributed by atoms with E-state index < -0.39 is 0 Å². The normalized spacial score (nSPS) is 13.4. The molecule has 1 N–H and O–H groups in total. The fourth-order valence-electron chi connectivity index (χ4n) is 2.01. The van der Waals surface area contributed by atoms with Crippen molar-refractivity contribution in [2.24, 2.45) is 0 Å². The molecule has 0 fully saturated rings. The average Bonchev–Trinajstić information content (AvgIpc) is 2.89. The van der Waals surface area contributed by atoms with Crippen LogP contribution in [0.15, 0.2) is 24.3 Å². The lowest BCUT2D eigenvalue weighted by molar-refractivity contribution is 0.717. The van der Waals surface area contributed by atoms with Crippen molar-refractivity contribution in [2.75, 3.05) is 0 Å². The first kappa shape index (κ1) is 10.3. The van der Waals surface area contributed by atoms with Crippen LogP contribution in [0.2, 0.25) is 5.02 Å². The van der Waals surface area contributed by atoms with Crippen molar-refractivity contribution in [1.29, 1.82) is 5.26 Å². The number of nitrogens with one attached hydrogen (secondary N) is 1. The summed E-state index contributed by atoms with van der Waals surface area (Å²) >= 11 is 5.84. The summed E-state index contributed by atoms with van der Waals surface area (Å²) in [5, 5.41) is 17.5. The smallest absolute Gasteiger partial charge is 0.149 e. The molecule has 1 aromatic heterocycles. The molecule has 0 saturated carbocycles. The van der Waals surface area contributed by atoms with Crippen LogP contribution in [0.3, 0.4) is 0 Å². The van der Waals surface area contributed by atoms with Crippen molar-refractivity contribution in [3.63, 3.8) is 0 Å². The van der Waals surface area contributed by atoms with Crippen molar-refractivity contribution >= 4 is 11.6 Å². The van der Waals surface area contributed by atoms with Gasteiger partial charge in [-0.2, -0.15) is 10.4 Å². The molecule has 0 saturated heterocycles. The van der Waals surface area contributed by atoms with E-state index in [0.717, 1.165) is 23.5 Å². The first-order valence-corrected chi connectivity index (χ1v) is 5.65. The van der Waals surface area contributed by atoms with E-state index in [1.165, 1.54) is 0 Å². The van der Waals surface area contributed by atoms with E-state index in [-0.39, 0.29) is 0 Å². The lowest BCUT2D eigenvalue weighted by Gasteiger charge is -2.04. The Balaban J connectivity index is 2.16. The zero-order chi connectivity index (χ0) is 11.8. The second-order valence-corrected chi connectivity index (χ2v) is 4.31. The molecule has 2 heterocycles. The molecule has 84 valence electrons. The van der Waals surface area contributed by atoms with Crippen LogP contribution in [0.25, 0.3) is 5.69 Å². The van der Waals surface area contributed by atoms with Gasteiger partial charge in [0, 0.05) is 23.7 Å². The number of rotatable bonds is 1. The van der Waals surface area contributed by atoms with E-state index >= 15 is 0 Å². The van der Waals surface area contributed by atoms with E-state index in [4.69, 9.17) is 11.6 Å². The Morgan fingerprint density at radius 3 is 2.76 bits per heavy atom. The summed E-state index contributed by atoms with van der Waals surface area (Å²) in [7, 11) is 0. The Bertz CT molecular complexity index is 607. The highest BCUT2D eigenvalue weighted by atomic mass is 35.5. The molecule has 17 heavy (non-hydrogen) atoms. The molecule has 2 aromatic rings. The Kier molecular flexibility index (Phi) is 2.36. The Hall–Kier alpha value is -1.83. The second kappa shape index (κ2) is 3.88. The molecule has 4 nitrogen and oxygen atoms in total. The van der Waals surface area contributed by atoms with Crippen LogP contribution in [0.5, 0.6) is 0 Å². The first-order valence-electron chi connectivity index (χ1n) is 5.27. The first-order chi connectivity index (χ1) is 8.29. The molecule has 1 aromatic carbocycles. The van der Waals surface area contributed by atoms with Gasteiger partial charge in [-0.25, -0.2) is 4.68 Å². The lowest BCUT2D eigenvalue weighted by Crippen LogP contribution is -2.07. The summed E-state index contributed by atoms with van der Waals surface area (Å²) in [6.07, 6.45) is 0. The Morgan fingerprint density at radius 1 is 1.29 bits per heavy atom. The monoisotopic (exact) mass is 244 g/mol. The summed E-state index contributed by atoms with van der Waals surface area (Å²) < 4.78 is 1.68. The SMILES string of the molecule is N#Cc1c2c(nn1-c1ccc(Cl)cc1)CNC2. The molecule has 0 unspecified atom stereocenters. The van der Waals surface area contributed by atoms with E-state index in [2.05, 4.69) is 16.5 Å². The lowest BCUT2D eigenvalue weighted by atomic mass is 10.2. The molecule has 1 aliphatic rings. The van der Waals surface area contributed by atoms with Gasteiger partial charge in [0.05, 0.1) is 11.4 Å². The molecular formula is C12H9ClN4. The van der Waals surface area contributed by atoms with Crippen molar-refractivity contribution in [2.45, 2.75) is 13.1 Å². The maximum atomic E-state index is 9.22. The fourth-order valence-corrected chi connectivity index (χ4v) is 2.14. The highest BCUT2D eigenvalue weighted by Gasteiger charge is 2.22. The van der Waals surface area contributed by atoms with Gasteiger partial charge in [-0.05, 0) is 24.3 Å². The molecule has 3 rings (SSSR count). The number of aromatic nitrogens is 2. The van der Waals surface area contributed by atoms with Crippen LogP contribution in [0, 0.1) is 11.3 Å². The molecule has 0 atom stereocenters. The fraction of sp³-hybridized carbons (Fsp3) is 0.167. The molecule has 0 spiro atoms. The van der Waals surface area contributed by atoms with Gasteiger partial charge in [-0.15, -0.1) is 0 Å². The molecule has 1 aliphatic heterocycles. The Morgan fingerprint density at radius 2 is 2.06 bits per heavy atom. The molecule has 0 radical (unpaired) electrons. The van der Waals surface area contributed by atoms with Crippen LogP contribution in [0.4, 0.5) is 0 Å². The van der Waals surface area contributed by atoms with Gasteiger partial charge in [0.1, 0.15) is 11.8 Å². The number of hydrogen-bond donors (Lipinski definition) is 1. The van der Waals surface area contributed by atoms with Crippen molar-refractivity contribution in [3.05, 3.63) is 46.2 Å². The average molecular weight is 245 g/mol. The van der Waals surface area contributed by atoms with E-state index in [9.17, 15) is 5.26 Å². The van der Waals surface area contributed by atoms with Gasteiger partial charge in [0.15, 0.2) is 0 Å². The van der Waals surface area contributed by atoms with Crippen molar-refractivity contribution in [1.82, 2.24) is 15.1 Å². The highest BCUT2D eigenvalue weighted by Crippen LogP contribution is 2.22. The summed E-state index contributed by atoms with van der Waals surface area (Å²) in [5.41, 5.74) is 3.42. The summed E-state index contributed by atoms with van der Waals surface area (Å²) in [6, 6.07) is 9.53. The van der Waals surface area contributed by atoms with Gasteiger partial charge in [0.25, 0.3) is 0 Å². The van der Waals surface area contributed by atoms with Crippen LogP contribution in [0.1, 0.15) is 17.0 Å². The van der Waals surface area contributed by atoms with Gasteiger partial charge in [-0.3, -0.25) is 0 Å². The van der Waals surface area contributed by atoms with Crippen LogP contribution in [-0.2, 0) is 13.1 Å². The third kappa shape index (κ3) is 1.60. The third-order valence-electron chi connectivity index (χ3n) is 2.84. The minimum atomic E-state index is 0.604. The standard InChI is InChI=1S/C12H9ClN4/c13-8-1-3-9(4-2-8)17-12(5-14)10-6-15-7-11(10)16-17/h1-4,15H,6-7H2.